The summed E-state index contributed by atoms with van der Waals surface area (Å²) in [6.07, 6.45) is 1.54. The largest absolute Gasteiger partial charge is 0.377 e. The summed E-state index contributed by atoms with van der Waals surface area (Å²) in [6.45, 7) is 8.02. The van der Waals surface area contributed by atoms with E-state index < -0.39 is 0 Å². The lowest BCUT2D eigenvalue weighted by Crippen LogP contribution is -2.45. The summed E-state index contributed by atoms with van der Waals surface area (Å²) in [5.41, 5.74) is 0.572. The van der Waals surface area contributed by atoms with Crippen LogP contribution in [0.1, 0.15) is 26.5 Å². The van der Waals surface area contributed by atoms with Crippen LogP contribution in [-0.2, 0) is 11.3 Å². The van der Waals surface area contributed by atoms with Gasteiger partial charge in [-0.25, -0.2) is 4.99 Å². The van der Waals surface area contributed by atoms with Crippen LogP contribution in [0.5, 0.6) is 0 Å². The molecule has 1 heterocycles. The lowest BCUT2D eigenvalue weighted by Gasteiger charge is -2.24. The predicted octanol–water partition coefficient (Wildman–Crippen LogP) is 1.15. The van der Waals surface area contributed by atoms with Crippen molar-refractivity contribution in [2.45, 2.75) is 32.9 Å². The van der Waals surface area contributed by atoms with Crippen LogP contribution >= 0.6 is 0 Å². The quantitative estimate of drug-likeness (QED) is 0.588. The molecule has 18 heavy (non-hydrogen) atoms. The molecule has 0 radical (unpaired) electrons. The van der Waals surface area contributed by atoms with Crippen molar-refractivity contribution in [3.05, 3.63) is 18.0 Å². The molecule has 0 atom stereocenters. The zero-order valence-electron chi connectivity index (χ0n) is 11.5. The molecule has 1 rings (SSSR count). The summed E-state index contributed by atoms with van der Waals surface area (Å²) in [6, 6.07) is 1.80. The van der Waals surface area contributed by atoms with Gasteiger partial charge in [-0.15, -0.1) is 0 Å². The minimum atomic E-state index is -0.232. The van der Waals surface area contributed by atoms with Gasteiger partial charge in [0.2, 0.25) is 0 Å². The third-order valence-corrected chi connectivity index (χ3v) is 2.47. The second-order valence-corrected chi connectivity index (χ2v) is 4.50. The van der Waals surface area contributed by atoms with Gasteiger partial charge in [0, 0.05) is 26.3 Å². The summed E-state index contributed by atoms with van der Waals surface area (Å²) in [4.78, 5) is 4.41. The number of nitrogens with zero attached hydrogens (tertiary/aromatic N) is 2. The molecule has 6 nitrogen and oxygen atoms in total. The van der Waals surface area contributed by atoms with E-state index in [0.29, 0.717) is 13.1 Å². The SMILES string of the molecule is CCNC(=NCc1ccon1)NCC(C)(C)OC. The number of aliphatic imine (C=N–C) groups is 1. The zero-order valence-corrected chi connectivity index (χ0v) is 11.5. The third-order valence-electron chi connectivity index (χ3n) is 2.47. The van der Waals surface area contributed by atoms with E-state index in [1.807, 2.05) is 20.8 Å². The molecule has 0 aromatic carbocycles. The first-order chi connectivity index (χ1) is 8.57. The maximum Gasteiger partial charge on any atom is 0.191 e. The Morgan fingerprint density at radius 1 is 1.50 bits per heavy atom. The Balaban J connectivity index is 2.51. The van der Waals surface area contributed by atoms with Crippen molar-refractivity contribution < 1.29 is 9.26 Å². The number of guanidine groups is 1. The van der Waals surface area contributed by atoms with Crippen LogP contribution in [0.2, 0.25) is 0 Å². The molecule has 0 spiro atoms. The molecule has 0 bridgehead atoms. The Morgan fingerprint density at radius 2 is 2.28 bits per heavy atom. The Bertz CT molecular complexity index is 360. The maximum atomic E-state index is 5.34. The molecule has 0 aliphatic heterocycles. The molecule has 2 N–H and O–H groups in total. The fraction of sp³-hybridized carbons (Fsp3) is 0.667. The first kappa shape index (κ1) is 14.5. The molecular weight excluding hydrogens is 232 g/mol. The lowest BCUT2D eigenvalue weighted by atomic mass is 10.1. The highest BCUT2D eigenvalue weighted by Crippen LogP contribution is 2.04. The van der Waals surface area contributed by atoms with E-state index in [2.05, 4.69) is 20.8 Å². The molecule has 0 unspecified atom stereocenters. The molecule has 102 valence electrons. The summed E-state index contributed by atoms with van der Waals surface area (Å²) < 4.78 is 10.1. The van der Waals surface area contributed by atoms with Gasteiger partial charge in [0.15, 0.2) is 5.96 Å². The first-order valence-electron chi connectivity index (χ1n) is 6.04. The van der Waals surface area contributed by atoms with Gasteiger partial charge in [-0.2, -0.15) is 0 Å². The van der Waals surface area contributed by atoms with Gasteiger partial charge < -0.3 is 19.9 Å². The molecule has 0 saturated heterocycles. The standard InChI is InChI=1S/C12H22N4O2/c1-5-13-11(15-9-12(2,3)17-4)14-8-10-6-7-18-16-10/h6-7H,5,8-9H2,1-4H3,(H2,13,14,15). The number of hydrogen-bond donors (Lipinski definition) is 2. The first-order valence-corrected chi connectivity index (χ1v) is 6.04. The predicted molar refractivity (Wildman–Crippen MR) is 70.4 cm³/mol. The van der Waals surface area contributed by atoms with Gasteiger partial charge in [-0.05, 0) is 20.8 Å². The normalized spacial score (nSPS) is 12.6. The van der Waals surface area contributed by atoms with Crippen LogP contribution in [0.25, 0.3) is 0 Å². The van der Waals surface area contributed by atoms with Gasteiger partial charge in [0.1, 0.15) is 12.0 Å². The Morgan fingerprint density at radius 3 is 2.83 bits per heavy atom. The van der Waals surface area contributed by atoms with Crippen LogP contribution in [0.3, 0.4) is 0 Å². The van der Waals surface area contributed by atoms with E-state index >= 15 is 0 Å². The van der Waals surface area contributed by atoms with Crippen molar-refractivity contribution in [3.8, 4) is 0 Å². The summed E-state index contributed by atoms with van der Waals surface area (Å²) in [5.74, 6) is 0.741. The van der Waals surface area contributed by atoms with E-state index in [-0.39, 0.29) is 5.60 Å². The molecule has 0 aliphatic rings. The molecule has 1 aromatic rings. The van der Waals surface area contributed by atoms with E-state index in [0.717, 1.165) is 18.2 Å². The molecular formula is C12H22N4O2. The van der Waals surface area contributed by atoms with Crippen LogP contribution in [0, 0.1) is 0 Å². The number of rotatable bonds is 6. The molecule has 0 saturated carbocycles. The molecule has 6 heteroatoms. The third kappa shape index (κ3) is 5.18. The number of aromatic nitrogens is 1. The van der Waals surface area contributed by atoms with E-state index in [4.69, 9.17) is 9.26 Å². The number of nitrogens with one attached hydrogen (secondary N) is 2. The number of hydrogen-bond acceptors (Lipinski definition) is 4. The Hall–Kier alpha value is -1.56. The fourth-order valence-electron chi connectivity index (χ4n) is 1.19. The minimum Gasteiger partial charge on any atom is -0.377 e. The molecule has 0 amide bonds. The summed E-state index contributed by atoms with van der Waals surface area (Å²) in [5, 5.41) is 10.2. The summed E-state index contributed by atoms with van der Waals surface area (Å²) in [7, 11) is 1.70. The van der Waals surface area contributed by atoms with Gasteiger partial charge in [-0.3, -0.25) is 0 Å². The van der Waals surface area contributed by atoms with Crippen molar-refractivity contribution >= 4 is 5.96 Å². The van der Waals surface area contributed by atoms with Gasteiger partial charge in [0.25, 0.3) is 0 Å². The van der Waals surface area contributed by atoms with Crippen LogP contribution < -0.4 is 10.6 Å². The van der Waals surface area contributed by atoms with Crippen LogP contribution in [0.4, 0.5) is 0 Å². The Kier molecular flexibility index (Phi) is 5.64. The Labute approximate surface area is 108 Å². The van der Waals surface area contributed by atoms with Crippen LogP contribution in [-0.4, -0.2) is 36.9 Å². The second kappa shape index (κ2) is 7.00. The number of ether oxygens (including phenoxy) is 1. The average Bonchev–Trinajstić information content (AvgIpc) is 2.86. The monoisotopic (exact) mass is 254 g/mol. The molecule has 0 fully saturated rings. The van der Waals surface area contributed by atoms with Crippen molar-refractivity contribution in [3.63, 3.8) is 0 Å². The highest BCUT2D eigenvalue weighted by atomic mass is 16.5. The fourth-order valence-corrected chi connectivity index (χ4v) is 1.19. The van der Waals surface area contributed by atoms with Gasteiger partial charge >= 0.3 is 0 Å². The minimum absolute atomic E-state index is 0.232. The van der Waals surface area contributed by atoms with E-state index in [1.54, 1.807) is 19.4 Å². The van der Waals surface area contributed by atoms with Crippen LogP contribution in [0.15, 0.2) is 21.8 Å². The van der Waals surface area contributed by atoms with E-state index in [9.17, 15) is 0 Å². The van der Waals surface area contributed by atoms with E-state index in [1.165, 1.54) is 0 Å². The second-order valence-electron chi connectivity index (χ2n) is 4.50. The lowest BCUT2D eigenvalue weighted by molar-refractivity contribution is 0.0268. The van der Waals surface area contributed by atoms with Gasteiger partial charge in [0.05, 0.1) is 12.1 Å². The highest BCUT2D eigenvalue weighted by molar-refractivity contribution is 5.79. The smallest absolute Gasteiger partial charge is 0.191 e. The highest BCUT2D eigenvalue weighted by Gasteiger charge is 2.16. The van der Waals surface area contributed by atoms with Crippen molar-refractivity contribution in [1.82, 2.24) is 15.8 Å². The van der Waals surface area contributed by atoms with Gasteiger partial charge in [-0.1, -0.05) is 5.16 Å². The average molecular weight is 254 g/mol. The molecule has 0 aliphatic carbocycles. The topological polar surface area (TPSA) is 71.7 Å². The zero-order chi connectivity index (χ0) is 13.4. The number of methoxy groups -OCH3 is 1. The van der Waals surface area contributed by atoms with Crippen molar-refractivity contribution in [2.24, 2.45) is 4.99 Å². The van der Waals surface area contributed by atoms with Crippen molar-refractivity contribution in [2.75, 3.05) is 20.2 Å². The molecule has 1 aromatic heterocycles. The maximum absolute atomic E-state index is 5.34. The summed E-state index contributed by atoms with van der Waals surface area (Å²) >= 11 is 0. The van der Waals surface area contributed by atoms with Crippen molar-refractivity contribution in [1.29, 1.82) is 0 Å².